The van der Waals surface area contributed by atoms with Gasteiger partial charge in [-0.2, -0.15) is 0 Å². The van der Waals surface area contributed by atoms with Crippen molar-refractivity contribution >= 4 is 40.7 Å². The van der Waals surface area contributed by atoms with Gasteiger partial charge in [0.25, 0.3) is 11.7 Å². The van der Waals surface area contributed by atoms with E-state index < -0.39 is 17.7 Å². The zero-order chi connectivity index (χ0) is 23.5. The number of hydrogen-bond acceptors (Lipinski definition) is 5. The molecular formula is C25H20Cl2N2O4. The lowest BCUT2D eigenvalue weighted by molar-refractivity contribution is -0.140. The number of nitrogens with zero attached hydrogens (tertiary/aromatic N) is 2. The summed E-state index contributed by atoms with van der Waals surface area (Å²) < 4.78 is 5.51. The third-order valence-electron chi connectivity index (χ3n) is 5.32. The lowest BCUT2D eigenvalue weighted by Crippen LogP contribution is -2.29. The molecular weight excluding hydrogens is 463 g/mol. The third kappa shape index (κ3) is 4.58. The van der Waals surface area contributed by atoms with Crippen LogP contribution in [0.4, 0.5) is 0 Å². The lowest BCUT2D eigenvalue weighted by Gasteiger charge is -2.25. The van der Waals surface area contributed by atoms with Crippen molar-refractivity contribution < 1.29 is 19.4 Å². The number of halogens is 2. The number of rotatable bonds is 6. The minimum Gasteiger partial charge on any atom is -0.507 e. The van der Waals surface area contributed by atoms with Gasteiger partial charge in [0.1, 0.15) is 11.5 Å². The second-order valence-corrected chi connectivity index (χ2v) is 8.23. The van der Waals surface area contributed by atoms with Crippen LogP contribution in [0.2, 0.25) is 10.0 Å². The summed E-state index contributed by atoms with van der Waals surface area (Å²) in [6.07, 6.45) is 3.22. The molecule has 0 saturated carbocycles. The van der Waals surface area contributed by atoms with Crippen LogP contribution >= 0.6 is 23.2 Å². The van der Waals surface area contributed by atoms with Crippen LogP contribution in [0.15, 0.2) is 72.6 Å². The van der Waals surface area contributed by atoms with E-state index in [4.69, 9.17) is 27.9 Å². The van der Waals surface area contributed by atoms with Gasteiger partial charge >= 0.3 is 0 Å². The fourth-order valence-electron chi connectivity index (χ4n) is 3.81. The summed E-state index contributed by atoms with van der Waals surface area (Å²) in [7, 11) is 0. The van der Waals surface area contributed by atoms with Gasteiger partial charge in [0.05, 0.1) is 28.3 Å². The number of likely N-dealkylation sites (tertiary alicyclic amines) is 1. The molecule has 2 aromatic carbocycles. The van der Waals surface area contributed by atoms with Gasteiger partial charge in [0.2, 0.25) is 0 Å². The van der Waals surface area contributed by atoms with Crippen molar-refractivity contribution in [1.29, 1.82) is 0 Å². The second kappa shape index (κ2) is 9.65. The predicted octanol–water partition coefficient (Wildman–Crippen LogP) is 5.41. The molecule has 3 aromatic rings. The van der Waals surface area contributed by atoms with Gasteiger partial charge in [0.15, 0.2) is 0 Å². The first kappa shape index (κ1) is 22.8. The maximum Gasteiger partial charge on any atom is 0.295 e. The second-order valence-electron chi connectivity index (χ2n) is 7.42. The molecule has 1 atom stereocenters. The van der Waals surface area contributed by atoms with Gasteiger partial charge in [0, 0.05) is 24.5 Å². The van der Waals surface area contributed by atoms with Crippen molar-refractivity contribution in [2.24, 2.45) is 0 Å². The van der Waals surface area contributed by atoms with E-state index in [-0.39, 0.29) is 22.9 Å². The van der Waals surface area contributed by atoms with Gasteiger partial charge in [-0.3, -0.25) is 14.6 Å². The number of aromatic nitrogens is 1. The van der Waals surface area contributed by atoms with E-state index in [2.05, 4.69) is 4.98 Å². The minimum atomic E-state index is -0.858. The molecule has 1 amide bonds. The van der Waals surface area contributed by atoms with Crippen molar-refractivity contribution in [3.8, 4) is 5.75 Å². The Hall–Kier alpha value is -3.35. The highest BCUT2D eigenvalue weighted by Crippen LogP contribution is 2.42. The molecule has 0 aliphatic carbocycles. The van der Waals surface area contributed by atoms with E-state index in [0.29, 0.717) is 28.5 Å². The molecule has 0 radical (unpaired) electrons. The highest BCUT2D eigenvalue weighted by atomic mass is 35.5. The summed E-state index contributed by atoms with van der Waals surface area (Å²) in [4.78, 5) is 31.7. The Kier molecular flexibility index (Phi) is 6.67. The van der Waals surface area contributed by atoms with Crippen LogP contribution in [0.25, 0.3) is 5.76 Å². The highest BCUT2D eigenvalue weighted by Gasteiger charge is 2.46. The molecule has 4 rings (SSSR count). The average Bonchev–Trinajstić information content (AvgIpc) is 3.06. The van der Waals surface area contributed by atoms with Gasteiger partial charge in [-0.15, -0.1) is 0 Å². The maximum absolute atomic E-state index is 13.2. The summed E-state index contributed by atoms with van der Waals surface area (Å²) in [5.41, 5.74) is 1.68. The van der Waals surface area contributed by atoms with Crippen LogP contribution in [-0.2, 0) is 16.1 Å². The van der Waals surface area contributed by atoms with E-state index in [1.807, 2.05) is 6.92 Å². The molecule has 1 aliphatic rings. The van der Waals surface area contributed by atoms with Crippen LogP contribution in [0.1, 0.15) is 29.7 Å². The normalized spacial score (nSPS) is 17.4. The van der Waals surface area contributed by atoms with E-state index in [1.54, 1.807) is 67.0 Å². The zero-order valence-electron chi connectivity index (χ0n) is 17.7. The van der Waals surface area contributed by atoms with Crippen LogP contribution in [-0.4, -0.2) is 33.3 Å². The molecule has 0 spiro atoms. The Bertz CT molecular complexity index is 1240. The van der Waals surface area contributed by atoms with Crippen molar-refractivity contribution in [2.45, 2.75) is 19.5 Å². The van der Waals surface area contributed by atoms with Crippen molar-refractivity contribution in [1.82, 2.24) is 9.88 Å². The van der Waals surface area contributed by atoms with E-state index in [9.17, 15) is 14.7 Å². The molecule has 1 N–H and O–H groups in total. The quantitative estimate of drug-likeness (QED) is 0.288. The molecule has 1 aromatic heterocycles. The number of benzene rings is 2. The Balaban J connectivity index is 1.87. The Labute approximate surface area is 201 Å². The first-order valence-corrected chi connectivity index (χ1v) is 11.0. The first-order valence-electron chi connectivity index (χ1n) is 10.3. The molecule has 1 fully saturated rings. The smallest absolute Gasteiger partial charge is 0.295 e. The first-order chi connectivity index (χ1) is 15.9. The van der Waals surface area contributed by atoms with Crippen LogP contribution in [0.5, 0.6) is 5.75 Å². The van der Waals surface area contributed by atoms with Crippen molar-refractivity contribution in [3.63, 3.8) is 0 Å². The molecule has 1 aliphatic heterocycles. The maximum atomic E-state index is 13.2. The number of amides is 1. The molecule has 2 heterocycles. The number of aliphatic hydroxyl groups excluding tert-OH is 1. The number of carbonyl (C=O) groups is 2. The number of Topliss-reactive ketones (excluding diaryl/α,β-unsaturated/α-hetero) is 1. The number of carbonyl (C=O) groups excluding carboxylic acids is 2. The number of pyridine rings is 1. The van der Waals surface area contributed by atoms with Gasteiger partial charge in [-0.05, 0) is 54.4 Å². The number of hydrogen-bond donors (Lipinski definition) is 1. The summed E-state index contributed by atoms with van der Waals surface area (Å²) >= 11 is 12.3. The molecule has 168 valence electrons. The van der Waals surface area contributed by atoms with Crippen LogP contribution < -0.4 is 4.74 Å². The fraction of sp³-hybridized carbons (Fsp3) is 0.160. The number of aliphatic hydroxyl groups is 1. The average molecular weight is 483 g/mol. The molecule has 1 unspecified atom stereocenters. The largest absolute Gasteiger partial charge is 0.507 e. The Morgan fingerprint density at radius 3 is 2.52 bits per heavy atom. The van der Waals surface area contributed by atoms with Crippen molar-refractivity contribution in [2.75, 3.05) is 6.61 Å². The zero-order valence-corrected chi connectivity index (χ0v) is 19.2. The van der Waals surface area contributed by atoms with Gasteiger partial charge < -0.3 is 14.7 Å². The highest BCUT2D eigenvalue weighted by molar-refractivity contribution is 6.46. The van der Waals surface area contributed by atoms with Gasteiger partial charge in [-0.25, -0.2) is 0 Å². The summed E-state index contributed by atoms with van der Waals surface area (Å²) in [5.74, 6) is -1.24. The number of ether oxygens (including phenoxy) is 1. The van der Waals surface area contributed by atoms with E-state index >= 15 is 0 Å². The third-order valence-corrected chi connectivity index (χ3v) is 6.06. The summed E-state index contributed by atoms with van der Waals surface area (Å²) in [6.45, 7) is 2.44. The fourth-order valence-corrected chi connectivity index (χ4v) is 4.12. The van der Waals surface area contributed by atoms with E-state index in [0.717, 1.165) is 5.56 Å². The SMILES string of the molecule is CCOc1cccc(/C(O)=C2\C(=O)C(=O)N(Cc3ccncc3)C2c2ccc(Cl)c(Cl)c2)c1. The minimum absolute atomic E-state index is 0.0268. The lowest BCUT2D eigenvalue weighted by atomic mass is 9.95. The molecule has 0 bridgehead atoms. The monoisotopic (exact) mass is 482 g/mol. The standard InChI is InChI=1S/C25H20Cl2N2O4/c1-2-33-18-5-3-4-17(12-18)23(30)21-22(16-6-7-19(26)20(27)13-16)29(25(32)24(21)31)14-15-8-10-28-11-9-15/h3-13,22,30H,2,14H2,1H3/b23-21+. The topological polar surface area (TPSA) is 79.7 Å². The predicted molar refractivity (Wildman–Crippen MR) is 126 cm³/mol. The van der Waals surface area contributed by atoms with Gasteiger partial charge in [-0.1, -0.05) is 41.4 Å². The molecule has 8 heteroatoms. The van der Waals surface area contributed by atoms with E-state index in [1.165, 1.54) is 4.90 Å². The van der Waals surface area contributed by atoms with Crippen LogP contribution in [0.3, 0.4) is 0 Å². The Morgan fingerprint density at radius 1 is 1.06 bits per heavy atom. The summed E-state index contributed by atoms with van der Waals surface area (Å²) in [6, 6.07) is 14.3. The molecule has 6 nitrogen and oxygen atoms in total. The van der Waals surface area contributed by atoms with Crippen LogP contribution in [0, 0.1) is 0 Å². The summed E-state index contributed by atoms with van der Waals surface area (Å²) in [5, 5.41) is 11.8. The van der Waals surface area contributed by atoms with Crippen molar-refractivity contribution in [3.05, 3.63) is 99.3 Å². The number of ketones is 1. The molecule has 1 saturated heterocycles. The Morgan fingerprint density at radius 2 is 1.82 bits per heavy atom. The molecule has 33 heavy (non-hydrogen) atoms.